The van der Waals surface area contributed by atoms with Gasteiger partial charge in [-0.3, -0.25) is 4.79 Å². The zero-order valence-corrected chi connectivity index (χ0v) is 23.0. The Morgan fingerprint density at radius 1 is 0.947 bits per heavy atom. The molecule has 4 aromatic rings. The van der Waals surface area contributed by atoms with Crippen LogP contribution in [-0.4, -0.2) is 42.1 Å². The van der Waals surface area contributed by atoms with Crippen molar-refractivity contribution in [2.75, 3.05) is 19.1 Å². The summed E-state index contributed by atoms with van der Waals surface area (Å²) in [5.74, 6) is -0.800. The molecule has 7 heteroatoms. The number of carbonyl (C=O) groups excluding carboxylic acids is 1. The molecule has 38 heavy (non-hydrogen) atoms. The van der Waals surface area contributed by atoms with Crippen LogP contribution in [0.4, 0.5) is 0 Å². The molecule has 1 amide bonds. The van der Waals surface area contributed by atoms with E-state index < -0.39 is 17.9 Å². The minimum Gasteiger partial charge on any atom is -0.480 e. The van der Waals surface area contributed by atoms with Gasteiger partial charge in [0.1, 0.15) is 12.1 Å². The molecule has 2 unspecified atom stereocenters. The van der Waals surface area contributed by atoms with Gasteiger partial charge in [0.25, 0.3) is 5.91 Å². The van der Waals surface area contributed by atoms with Crippen molar-refractivity contribution in [2.45, 2.75) is 25.5 Å². The van der Waals surface area contributed by atoms with Gasteiger partial charge in [-0.05, 0) is 76.1 Å². The zero-order valence-electron chi connectivity index (χ0n) is 22.2. The van der Waals surface area contributed by atoms with Gasteiger partial charge in [0, 0.05) is 12.7 Å². The maximum Gasteiger partial charge on any atom is 1.00 e. The SMILES string of the molecule is COC(c1ccc(C(=O)NC(CCSC)C(=O)O)c(-c2ccccc2C)c1)c1cccc2ccccc12.[Li+]. The predicted octanol–water partition coefficient (Wildman–Crippen LogP) is 3.49. The number of hydrogen-bond donors (Lipinski definition) is 2. The topological polar surface area (TPSA) is 75.6 Å². The van der Waals surface area contributed by atoms with E-state index >= 15 is 0 Å². The summed E-state index contributed by atoms with van der Waals surface area (Å²) in [4.78, 5) is 25.2. The smallest absolute Gasteiger partial charge is 0.480 e. The average Bonchev–Trinajstić information content (AvgIpc) is 2.91. The van der Waals surface area contributed by atoms with Crippen molar-refractivity contribution >= 4 is 34.4 Å². The molecule has 0 radical (unpaired) electrons. The molecule has 2 N–H and O–H groups in total. The Morgan fingerprint density at radius 2 is 1.66 bits per heavy atom. The van der Waals surface area contributed by atoms with Crippen molar-refractivity contribution < 1.29 is 38.3 Å². The second kappa shape index (κ2) is 13.7. The Morgan fingerprint density at radius 3 is 2.37 bits per heavy atom. The number of fused-ring (bicyclic) bond motifs is 1. The Labute approximate surface area is 240 Å². The van der Waals surface area contributed by atoms with E-state index in [4.69, 9.17) is 4.74 Å². The normalized spacial score (nSPS) is 12.4. The maximum absolute atomic E-state index is 13.4. The van der Waals surface area contributed by atoms with Crippen LogP contribution in [0.5, 0.6) is 0 Å². The van der Waals surface area contributed by atoms with Crippen molar-refractivity contribution in [3.05, 3.63) is 107 Å². The van der Waals surface area contributed by atoms with Gasteiger partial charge < -0.3 is 15.2 Å². The number of aryl methyl sites for hydroxylation is 1. The van der Waals surface area contributed by atoms with E-state index in [2.05, 4.69) is 29.6 Å². The molecule has 0 saturated carbocycles. The van der Waals surface area contributed by atoms with Crippen LogP contribution in [0.15, 0.2) is 84.9 Å². The number of carbonyl (C=O) groups is 2. The molecule has 0 saturated heterocycles. The van der Waals surface area contributed by atoms with Crippen molar-refractivity contribution in [3.63, 3.8) is 0 Å². The molecule has 0 bridgehead atoms. The summed E-state index contributed by atoms with van der Waals surface area (Å²) in [6.45, 7) is 2.00. The summed E-state index contributed by atoms with van der Waals surface area (Å²) in [5, 5.41) is 14.6. The molecule has 4 rings (SSSR count). The summed E-state index contributed by atoms with van der Waals surface area (Å²) in [7, 11) is 1.68. The number of nitrogens with one attached hydrogen (secondary N) is 1. The van der Waals surface area contributed by atoms with Gasteiger partial charge in [-0.25, -0.2) is 4.79 Å². The van der Waals surface area contributed by atoms with Gasteiger partial charge in [0.2, 0.25) is 0 Å². The van der Waals surface area contributed by atoms with E-state index in [9.17, 15) is 14.7 Å². The molecule has 5 nitrogen and oxygen atoms in total. The summed E-state index contributed by atoms with van der Waals surface area (Å²) in [6, 6.07) is 26.9. The number of methoxy groups -OCH3 is 1. The first-order chi connectivity index (χ1) is 17.9. The standard InChI is InChI=1S/C31H31NO4S.Li/c1-20-9-4-6-12-23(20)27-19-22(15-16-26(27)30(33)32-28(31(34)35)17-18-37-3)29(36-2)25-14-8-11-21-10-5-7-13-24(21)25;/h4-16,19,28-29H,17-18H2,1-3H3,(H,32,33)(H,34,35);/q;+1. The monoisotopic (exact) mass is 520 g/mol. The van der Waals surface area contributed by atoms with Crippen molar-refractivity contribution in [2.24, 2.45) is 0 Å². The predicted molar refractivity (Wildman–Crippen MR) is 151 cm³/mol. The fourth-order valence-electron chi connectivity index (χ4n) is 4.67. The molecule has 190 valence electrons. The van der Waals surface area contributed by atoms with Crippen LogP contribution in [0.25, 0.3) is 21.9 Å². The van der Waals surface area contributed by atoms with Gasteiger partial charge in [-0.2, -0.15) is 11.8 Å². The number of carboxylic acid groups (broad SMARTS) is 1. The number of thioether (sulfide) groups is 1. The summed E-state index contributed by atoms with van der Waals surface area (Å²) in [5.41, 5.74) is 5.05. The first-order valence-electron chi connectivity index (χ1n) is 12.2. The summed E-state index contributed by atoms with van der Waals surface area (Å²) < 4.78 is 6.01. The van der Waals surface area contributed by atoms with Crippen molar-refractivity contribution in [3.8, 4) is 11.1 Å². The zero-order chi connectivity index (χ0) is 26.4. The van der Waals surface area contributed by atoms with E-state index in [1.165, 1.54) is 0 Å². The minimum absolute atomic E-state index is 0. The number of rotatable bonds is 10. The van der Waals surface area contributed by atoms with Crippen LogP contribution in [-0.2, 0) is 9.53 Å². The van der Waals surface area contributed by atoms with E-state index in [1.807, 2.05) is 67.8 Å². The third-order valence-electron chi connectivity index (χ3n) is 6.58. The molecule has 0 aliphatic carbocycles. The van der Waals surface area contributed by atoms with Crippen LogP contribution in [0.1, 0.15) is 39.6 Å². The Bertz CT molecular complexity index is 1420. The van der Waals surface area contributed by atoms with E-state index in [0.717, 1.165) is 38.6 Å². The first kappa shape index (κ1) is 29.5. The molecular formula is C31H31LiNO4S+. The van der Waals surface area contributed by atoms with Gasteiger partial charge in [-0.1, -0.05) is 72.8 Å². The number of benzene rings is 4. The second-order valence-corrected chi connectivity index (χ2v) is 9.94. The number of ether oxygens (including phenoxy) is 1. The molecule has 0 spiro atoms. The fraction of sp³-hybridized carbons (Fsp3) is 0.226. The van der Waals surface area contributed by atoms with E-state index in [0.29, 0.717) is 17.7 Å². The van der Waals surface area contributed by atoms with Crippen molar-refractivity contribution in [1.29, 1.82) is 0 Å². The molecule has 0 heterocycles. The van der Waals surface area contributed by atoms with Gasteiger partial charge in [-0.15, -0.1) is 0 Å². The van der Waals surface area contributed by atoms with Crippen LogP contribution < -0.4 is 24.2 Å². The van der Waals surface area contributed by atoms with Gasteiger partial charge in [0.15, 0.2) is 0 Å². The molecule has 0 fully saturated rings. The Hall–Kier alpha value is -3.01. The number of amides is 1. The Balaban J connectivity index is 0.00000400. The minimum atomic E-state index is -1.04. The summed E-state index contributed by atoms with van der Waals surface area (Å²) >= 11 is 1.55. The van der Waals surface area contributed by atoms with Gasteiger partial charge >= 0.3 is 24.8 Å². The average molecular weight is 521 g/mol. The first-order valence-corrected chi connectivity index (χ1v) is 13.6. The van der Waals surface area contributed by atoms with Crippen LogP contribution >= 0.6 is 11.8 Å². The quantitative estimate of drug-likeness (QED) is 0.313. The van der Waals surface area contributed by atoms with E-state index in [1.54, 1.807) is 24.9 Å². The van der Waals surface area contributed by atoms with Crippen LogP contribution in [0.3, 0.4) is 0 Å². The van der Waals surface area contributed by atoms with Crippen LogP contribution in [0, 0.1) is 6.92 Å². The van der Waals surface area contributed by atoms with Crippen LogP contribution in [0.2, 0.25) is 0 Å². The fourth-order valence-corrected chi connectivity index (χ4v) is 5.14. The Kier molecular flexibility index (Phi) is 10.6. The molecular weight excluding hydrogens is 489 g/mol. The third-order valence-corrected chi connectivity index (χ3v) is 7.23. The molecule has 0 aliphatic rings. The maximum atomic E-state index is 13.4. The molecule has 2 atom stereocenters. The van der Waals surface area contributed by atoms with Crippen molar-refractivity contribution in [1.82, 2.24) is 5.32 Å². The molecule has 4 aromatic carbocycles. The largest absolute Gasteiger partial charge is 1.00 e. The number of hydrogen-bond acceptors (Lipinski definition) is 4. The van der Waals surface area contributed by atoms with Gasteiger partial charge in [0.05, 0.1) is 0 Å². The number of carboxylic acids is 1. The molecule has 0 aromatic heterocycles. The molecule has 0 aliphatic heterocycles. The summed E-state index contributed by atoms with van der Waals surface area (Å²) in [6.07, 6.45) is 1.92. The number of aliphatic carboxylic acids is 1. The third kappa shape index (κ3) is 6.51. The second-order valence-electron chi connectivity index (χ2n) is 8.95. The van der Waals surface area contributed by atoms with E-state index in [-0.39, 0.29) is 25.0 Å².